The van der Waals surface area contributed by atoms with E-state index in [9.17, 15) is 0 Å². The van der Waals surface area contributed by atoms with Crippen molar-refractivity contribution in [3.63, 3.8) is 0 Å². The summed E-state index contributed by atoms with van der Waals surface area (Å²) in [4.78, 5) is 0. The van der Waals surface area contributed by atoms with E-state index in [-0.39, 0.29) is 0 Å². The van der Waals surface area contributed by atoms with E-state index in [0.29, 0.717) is 6.54 Å². The molecule has 0 radical (unpaired) electrons. The van der Waals surface area contributed by atoms with Crippen LogP contribution < -0.4 is 5.32 Å². The minimum Gasteiger partial charge on any atom is -0.381 e. The van der Waals surface area contributed by atoms with Gasteiger partial charge in [-0.3, -0.25) is 0 Å². The molecule has 1 nitrogen and oxygen atoms in total. The molecule has 1 N–H and O–H groups in total. The summed E-state index contributed by atoms with van der Waals surface area (Å²) in [6.45, 7) is 13.5. The van der Waals surface area contributed by atoms with Crippen LogP contribution in [0.4, 0.5) is 0 Å². The molecule has 0 bridgehead atoms. The van der Waals surface area contributed by atoms with Crippen LogP contribution in [-0.4, -0.2) is 0 Å². The SMILES string of the molecule is C=C(NCc1cccc(Cl)c1)c1ccc(C)c(C(C)=C(C)C)c1. The second-order valence-corrected chi connectivity index (χ2v) is 6.55. The Bertz CT molecular complexity index is 752. The van der Waals surface area contributed by atoms with Crippen molar-refractivity contribution in [3.8, 4) is 0 Å². The smallest absolute Gasteiger partial charge is 0.0409 e. The lowest BCUT2D eigenvalue weighted by Crippen LogP contribution is -2.11. The summed E-state index contributed by atoms with van der Waals surface area (Å²) >= 11 is 6.02. The molecule has 120 valence electrons. The van der Waals surface area contributed by atoms with Crippen LogP contribution in [-0.2, 0) is 6.54 Å². The number of hydrogen-bond donors (Lipinski definition) is 1. The van der Waals surface area contributed by atoms with Gasteiger partial charge >= 0.3 is 0 Å². The van der Waals surface area contributed by atoms with Crippen LogP contribution in [0.15, 0.2) is 54.6 Å². The van der Waals surface area contributed by atoms with Crippen molar-refractivity contribution in [3.05, 3.63) is 81.9 Å². The number of hydrogen-bond acceptors (Lipinski definition) is 1. The van der Waals surface area contributed by atoms with Gasteiger partial charge in [0.05, 0.1) is 0 Å². The fraction of sp³-hybridized carbons (Fsp3) is 0.238. The van der Waals surface area contributed by atoms with Gasteiger partial charge in [-0.1, -0.05) is 48.0 Å². The van der Waals surface area contributed by atoms with Gasteiger partial charge in [-0.2, -0.15) is 0 Å². The van der Waals surface area contributed by atoms with Crippen molar-refractivity contribution in [1.82, 2.24) is 5.32 Å². The highest BCUT2D eigenvalue weighted by molar-refractivity contribution is 6.30. The average Bonchev–Trinajstić information content (AvgIpc) is 2.52. The van der Waals surface area contributed by atoms with Crippen LogP contribution in [0.25, 0.3) is 11.3 Å². The first-order chi connectivity index (χ1) is 10.9. The topological polar surface area (TPSA) is 12.0 Å². The summed E-state index contributed by atoms with van der Waals surface area (Å²) in [5.41, 5.74) is 8.42. The molecule has 0 aliphatic rings. The van der Waals surface area contributed by atoms with Gasteiger partial charge in [0, 0.05) is 17.3 Å². The number of rotatable bonds is 5. The molecular weight excluding hydrogens is 302 g/mol. The first-order valence-electron chi connectivity index (χ1n) is 7.81. The van der Waals surface area contributed by atoms with Gasteiger partial charge in [0.25, 0.3) is 0 Å². The predicted molar refractivity (Wildman–Crippen MR) is 102 cm³/mol. The van der Waals surface area contributed by atoms with Crippen LogP contribution in [0.5, 0.6) is 0 Å². The second kappa shape index (κ2) is 7.52. The Morgan fingerprint density at radius 2 is 1.83 bits per heavy atom. The predicted octanol–water partition coefficient (Wildman–Crippen LogP) is 6.22. The quantitative estimate of drug-likeness (QED) is 0.687. The van der Waals surface area contributed by atoms with Crippen LogP contribution in [0.2, 0.25) is 5.02 Å². The van der Waals surface area contributed by atoms with E-state index in [0.717, 1.165) is 21.8 Å². The molecule has 0 saturated carbocycles. The van der Waals surface area contributed by atoms with Crippen molar-refractivity contribution >= 4 is 22.9 Å². The fourth-order valence-electron chi connectivity index (χ4n) is 2.44. The van der Waals surface area contributed by atoms with Gasteiger partial charge in [-0.25, -0.2) is 0 Å². The van der Waals surface area contributed by atoms with E-state index in [1.54, 1.807) is 0 Å². The fourth-order valence-corrected chi connectivity index (χ4v) is 2.65. The maximum Gasteiger partial charge on any atom is 0.0409 e. The minimum atomic E-state index is 0.713. The van der Waals surface area contributed by atoms with E-state index in [2.05, 4.69) is 63.9 Å². The molecule has 0 spiro atoms. The molecule has 0 amide bonds. The molecule has 0 aromatic heterocycles. The van der Waals surface area contributed by atoms with Crippen molar-refractivity contribution in [2.75, 3.05) is 0 Å². The molecule has 23 heavy (non-hydrogen) atoms. The first kappa shape index (κ1) is 17.4. The summed E-state index contributed by atoms with van der Waals surface area (Å²) in [5, 5.41) is 4.14. The van der Waals surface area contributed by atoms with Crippen molar-refractivity contribution in [2.45, 2.75) is 34.2 Å². The van der Waals surface area contributed by atoms with Gasteiger partial charge in [-0.15, -0.1) is 0 Å². The monoisotopic (exact) mass is 325 g/mol. The summed E-state index contributed by atoms with van der Waals surface area (Å²) in [6.07, 6.45) is 0. The summed E-state index contributed by atoms with van der Waals surface area (Å²) in [7, 11) is 0. The van der Waals surface area contributed by atoms with E-state index in [1.165, 1.54) is 22.3 Å². The molecule has 2 aromatic carbocycles. The first-order valence-corrected chi connectivity index (χ1v) is 8.19. The molecule has 0 atom stereocenters. The summed E-state index contributed by atoms with van der Waals surface area (Å²) in [6, 6.07) is 14.4. The third-order valence-corrected chi connectivity index (χ3v) is 4.37. The van der Waals surface area contributed by atoms with Crippen LogP contribution in [0.1, 0.15) is 43.0 Å². The Kier molecular flexibility index (Phi) is 5.68. The maximum absolute atomic E-state index is 6.02. The number of allylic oxidation sites excluding steroid dienone is 2. The lowest BCUT2D eigenvalue weighted by atomic mass is 9.95. The van der Waals surface area contributed by atoms with Gasteiger partial charge in [0.2, 0.25) is 0 Å². The van der Waals surface area contributed by atoms with Crippen molar-refractivity contribution in [2.24, 2.45) is 0 Å². The normalized spacial score (nSPS) is 10.3. The highest BCUT2D eigenvalue weighted by Crippen LogP contribution is 2.25. The molecule has 2 heteroatoms. The molecule has 0 fully saturated rings. The Hall–Kier alpha value is -1.99. The van der Waals surface area contributed by atoms with E-state index in [1.807, 2.05) is 18.2 Å². The van der Waals surface area contributed by atoms with Gasteiger partial charge < -0.3 is 5.32 Å². The third kappa shape index (κ3) is 4.49. The van der Waals surface area contributed by atoms with Crippen molar-refractivity contribution in [1.29, 1.82) is 0 Å². The van der Waals surface area contributed by atoms with Crippen LogP contribution in [0.3, 0.4) is 0 Å². The highest BCUT2D eigenvalue weighted by atomic mass is 35.5. The zero-order chi connectivity index (χ0) is 17.0. The minimum absolute atomic E-state index is 0.713. The molecule has 2 rings (SSSR count). The van der Waals surface area contributed by atoms with Crippen LogP contribution in [0, 0.1) is 6.92 Å². The number of nitrogens with one attached hydrogen (secondary N) is 1. The maximum atomic E-state index is 6.02. The van der Waals surface area contributed by atoms with Gasteiger partial charge in [-0.05, 0) is 73.7 Å². The lowest BCUT2D eigenvalue weighted by molar-refractivity contribution is 0.892. The van der Waals surface area contributed by atoms with Gasteiger partial charge in [0.15, 0.2) is 0 Å². The standard InChI is InChI=1S/C21H24ClN/c1-14(2)16(4)21-12-19(10-9-15(21)3)17(5)23-13-18-7-6-8-20(22)11-18/h6-12,23H,5,13H2,1-4H3. The largest absolute Gasteiger partial charge is 0.381 e. The molecule has 2 aromatic rings. The third-order valence-electron chi connectivity index (χ3n) is 4.13. The number of aryl methyl sites for hydroxylation is 1. The molecule has 0 unspecified atom stereocenters. The second-order valence-electron chi connectivity index (χ2n) is 6.12. The highest BCUT2D eigenvalue weighted by Gasteiger charge is 2.06. The molecule has 0 saturated heterocycles. The molecular formula is C21H24ClN. The number of benzene rings is 2. The Morgan fingerprint density at radius 3 is 2.48 bits per heavy atom. The molecule has 0 aliphatic carbocycles. The zero-order valence-electron chi connectivity index (χ0n) is 14.3. The van der Waals surface area contributed by atoms with Crippen molar-refractivity contribution < 1.29 is 0 Å². The van der Waals surface area contributed by atoms with E-state index in [4.69, 9.17) is 11.6 Å². The van der Waals surface area contributed by atoms with Crippen LogP contribution >= 0.6 is 11.6 Å². The zero-order valence-corrected chi connectivity index (χ0v) is 15.1. The summed E-state index contributed by atoms with van der Waals surface area (Å²) in [5.74, 6) is 0. The summed E-state index contributed by atoms with van der Waals surface area (Å²) < 4.78 is 0. The molecule has 0 aliphatic heterocycles. The van der Waals surface area contributed by atoms with E-state index >= 15 is 0 Å². The van der Waals surface area contributed by atoms with E-state index < -0.39 is 0 Å². The Balaban J connectivity index is 2.17. The average molecular weight is 326 g/mol. The van der Waals surface area contributed by atoms with Gasteiger partial charge in [0.1, 0.15) is 0 Å². The molecule has 0 heterocycles. The Labute approximate surface area is 144 Å². The number of halogens is 1. The lowest BCUT2D eigenvalue weighted by Gasteiger charge is -2.14. The Morgan fingerprint density at radius 1 is 1.09 bits per heavy atom.